The lowest BCUT2D eigenvalue weighted by Crippen LogP contribution is -2.08. The molecular weight excluding hydrogens is 307 g/mol. The van der Waals surface area contributed by atoms with Crippen LogP contribution in [0.5, 0.6) is 5.75 Å². The Morgan fingerprint density at radius 1 is 1.41 bits per heavy atom. The number of halogens is 2. The molecule has 0 spiro atoms. The molecule has 0 atom stereocenters. The predicted molar refractivity (Wildman–Crippen MR) is 71.0 cm³/mol. The first-order valence-electron chi connectivity index (χ1n) is 5.19. The van der Waals surface area contributed by atoms with Gasteiger partial charge in [0.2, 0.25) is 0 Å². The van der Waals surface area contributed by atoms with Crippen LogP contribution in [-0.4, -0.2) is 19.7 Å². The number of rotatable bonds is 5. The van der Waals surface area contributed by atoms with Crippen molar-refractivity contribution in [1.29, 1.82) is 0 Å². The highest BCUT2D eigenvalue weighted by Crippen LogP contribution is 2.29. The van der Waals surface area contributed by atoms with Gasteiger partial charge in [-0.2, -0.15) is 0 Å². The number of hydrogen-bond donors (Lipinski definition) is 0. The van der Waals surface area contributed by atoms with Crippen LogP contribution in [0.25, 0.3) is 0 Å². The molecule has 0 aliphatic heterocycles. The van der Waals surface area contributed by atoms with Gasteiger partial charge in [-0.15, -0.1) is 0 Å². The molecule has 0 aliphatic carbocycles. The molecule has 0 saturated heterocycles. The van der Waals surface area contributed by atoms with E-state index in [1.807, 2.05) is 0 Å². The number of alkyl halides is 1. The van der Waals surface area contributed by atoms with Crippen molar-refractivity contribution in [2.75, 3.05) is 13.7 Å². The van der Waals surface area contributed by atoms with Crippen molar-refractivity contribution in [2.24, 2.45) is 0 Å². The summed E-state index contributed by atoms with van der Waals surface area (Å²) in [6.45, 7) is 2.14. The van der Waals surface area contributed by atoms with Crippen LogP contribution in [0.2, 0.25) is 5.02 Å². The molecule has 0 fully saturated rings. The van der Waals surface area contributed by atoms with Gasteiger partial charge in [0.05, 0.1) is 20.1 Å². The summed E-state index contributed by atoms with van der Waals surface area (Å²) in [5.74, 6) is 0.425. The zero-order chi connectivity index (χ0) is 12.8. The van der Waals surface area contributed by atoms with E-state index in [-0.39, 0.29) is 12.4 Å². The minimum Gasteiger partial charge on any atom is -0.496 e. The van der Waals surface area contributed by atoms with Crippen molar-refractivity contribution in [3.05, 3.63) is 28.3 Å². The molecule has 0 aromatic heterocycles. The monoisotopic (exact) mass is 320 g/mol. The van der Waals surface area contributed by atoms with Crippen LogP contribution in [0.4, 0.5) is 0 Å². The molecule has 0 radical (unpaired) electrons. The van der Waals surface area contributed by atoms with Crippen molar-refractivity contribution in [3.8, 4) is 5.75 Å². The Labute approximate surface area is 114 Å². The molecule has 0 unspecified atom stereocenters. The summed E-state index contributed by atoms with van der Waals surface area (Å²) in [6, 6.07) is 3.57. The Kier molecular flexibility index (Phi) is 5.78. The average molecular weight is 322 g/mol. The molecule has 0 aliphatic rings. The highest BCUT2D eigenvalue weighted by Gasteiger charge is 2.12. The van der Waals surface area contributed by atoms with Gasteiger partial charge in [0.1, 0.15) is 5.75 Å². The van der Waals surface area contributed by atoms with Crippen LogP contribution in [0.3, 0.4) is 0 Å². The van der Waals surface area contributed by atoms with Crippen LogP contribution in [0.15, 0.2) is 12.1 Å². The van der Waals surface area contributed by atoms with Gasteiger partial charge in [-0.05, 0) is 24.6 Å². The number of esters is 1. The Bertz CT molecular complexity index is 407. The van der Waals surface area contributed by atoms with E-state index in [4.69, 9.17) is 21.1 Å². The third-order valence-electron chi connectivity index (χ3n) is 2.23. The van der Waals surface area contributed by atoms with Crippen molar-refractivity contribution < 1.29 is 14.3 Å². The Morgan fingerprint density at radius 2 is 2.12 bits per heavy atom. The van der Waals surface area contributed by atoms with Gasteiger partial charge in [-0.1, -0.05) is 27.5 Å². The second-order valence-corrected chi connectivity index (χ2v) is 4.34. The van der Waals surface area contributed by atoms with Gasteiger partial charge in [-0.25, -0.2) is 0 Å². The summed E-state index contributed by atoms with van der Waals surface area (Å²) in [4.78, 5) is 11.4. The van der Waals surface area contributed by atoms with Crippen molar-refractivity contribution in [3.63, 3.8) is 0 Å². The van der Waals surface area contributed by atoms with Crippen LogP contribution in [0, 0.1) is 0 Å². The number of carbonyl (C=O) groups is 1. The Balaban J connectivity index is 2.96. The quantitative estimate of drug-likeness (QED) is 0.616. The zero-order valence-electron chi connectivity index (χ0n) is 9.76. The van der Waals surface area contributed by atoms with E-state index in [2.05, 4.69) is 15.9 Å². The summed E-state index contributed by atoms with van der Waals surface area (Å²) in [5, 5.41) is 1.20. The van der Waals surface area contributed by atoms with Crippen LogP contribution in [0.1, 0.15) is 18.1 Å². The van der Waals surface area contributed by atoms with Crippen LogP contribution < -0.4 is 4.74 Å². The molecular formula is C12H14BrClO3. The average Bonchev–Trinajstić information content (AvgIpc) is 2.31. The van der Waals surface area contributed by atoms with Crippen molar-refractivity contribution >= 4 is 33.5 Å². The van der Waals surface area contributed by atoms with E-state index in [0.29, 0.717) is 28.3 Å². The molecule has 0 saturated carbocycles. The number of benzene rings is 1. The third kappa shape index (κ3) is 3.89. The van der Waals surface area contributed by atoms with Crippen LogP contribution >= 0.6 is 27.5 Å². The topological polar surface area (TPSA) is 35.5 Å². The molecule has 0 N–H and O–H groups in total. The smallest absolute Gasteiger partial charge is 0.310 e. The van der Waals surface area contributed by atoms with E-state index >= 15 is 0 Å². The minimum atomic E-state index is -0.289. The molecule has 0 bridgehead atoms. The van der Waals surface area contributed by atoms with E-state index in [9.17, 15) is 4.79 Å². The Morgan fingerprint density at radius 3 is 2.65 bits per heavy atom. The number of carbonyl (C=O) groups excluding carboxylic acids is 1. The highest BCUT2D eigenvalue weighted by molar-refractivity contribution is 9.08. The van der Waals surface area contributed by atoms with E-state index < -0.39 is 0 Å². The fraction of sp³-hybridized carbons (Fsp3) is 0.417. The first kappa shape index (κ1) is 14.3. The maximum Gasteiger partial charge on any atom is 0.310 e. The summed E-state index contributed by atoms with van der Waals surface area (Å²) in [7, 11) is 1.59. The summed E-state index contributed by atoms with van der Waals surface area (Å²) >= 11 is 9.45. The van der Waals surface area contributed by atoms with Gasteiger partial charge in [0.25, 0.3) is 0 Å². The summed E-state index contributed by atoms with van der Waals surface area (Å²) in [6.07, 6.45) is 0.158. The number of hydrogen-bond acceptors (Lipinski definition) is 3. The van der Waals surface area contributed by atoms with E-state index in [0.717, 1.165) is 5.56 Å². The van der Waals surface area contributed by atoms with Gasteiger partial charge in [0.15, 0.2) is 0 Å². The molecule has 3 nitrogen and oxygen atoms in total. The minimum absolute atomic E-state index is 0.158. The second kappa shape index (κ2) is 6.87. The molecule has 0 amide bonds. The molecule has 0 heterocycles. The second-order valence-electron chi connectivity index (χ2n) is 3.37. The summed E-state index contributed by atoms with van der Waals surface area (Å²) in [5.41, 5.74) is 1.66. The van der Waals surface area contributed by atoms with Gasteiger partial charge < -0.3 is 9.47 Å². The molecule has 1 aromatic carbocycles. The molecule has 5 heteroatoms. The third-order valence-corrected chi connectivity index (χ3v) is 3.19. The van der Waals surface area contributed by atoms with Crippen LogP contribution in [-0.2, 0) is 21.3 Å². The highest BCUT2D eigenvalue weighted by atomic mass is 79.9. The van der Waals surface area contributed by atoms with Crippen molar-refractivity contribution in [1.82, 2.24) is 0 Å². The SMILES string of the molecule is CCOC(=O)Cc1cc(OC)c(CBr)cc1Cl. The predicted octanol–water partition coefficient (Wildman–Crippen LogP) is 3.35. The molecule has 17 heavy (non-hydrogen) atoms. The van der Waals surface area contributed by atoms with Gasteiger partial charge in [-0.3, -0.25) is 4.79 Å². The van der Waals surface area contributed by atoms with Gasteiger partial charge >= 0.3 is 5.97 Å². The lowest BCUT2D eigenvalue weighted by molar-refractivity contribution is -0.142. The molecule has 1 aromatic rings. The van der Waals surface area contributed by atoms with Crippen molar-refractivity contribution in [2.45, 2.75) is 18.7 Å². The molecule has 94 valence electrons. The number of ether oxygens (including phenoxy) is 2. The fourth-order valence-electron chi connectivity index (χ4n) is 1.43. The largest absolute Gasteiger partial charge is 0.496 e. The first-order chi connectivity index (χ1) is 8.12. The maximum absolute atomic E-state index is 11.4. The lowest BCUT2D eigenvalue weighted by Gasteiger charge is -2.10. The summed E-state index contributed by atoms with van der Waals surface area (Å²) < 4.78 is 10.1. The first-order valence-corrected chi connectivity index (χ1v) is 6.69. The fourth-order valence-corrected chi connectivity index (χ4v) is 2.13. The van der Waals surface area contributed by atoms with E-state index in [1.54, 1.807) is 26.2 Å². The van der Waals surface area contributed by atoms with Gasteiger partial charge in [0, 0.05) is 15.9 Å². The van der Waals surface area contributed by atoms with E-state index in [1.165, 1.54) is 0 Å². The lowest BCUT2D eigenvalue weighted by atomic mass is 10.1. The normalized spacial score (nSPS) is 10.1. The molecule has 1 rings (SSSR count). The standard InChI is InChI=1S/C12H14BrClO3/c1-3-17-12(15)6-8-5-11(16-2)9(7-13)4-10(8)14/h4-5H,3,6-7H2,1-2H3. The maximum atomic E-state index is 11.4. The Hall–Kier alpha value is -0.740. The number of methoxy groups -OCH3 is 1. The zero-order valence-corrected chi connectivity index (χ0v) is 12.1.